The highest BCUT2D eigenvalue weighted by atomic mass is 16.5. The average Bonchev–Trinajstić information content (AvgIpc) is 2.80. The van der Waals surface area contributed by atoms with Crippen LogP contribution in [0, 0.1) is 5.92 Å². The molecule has 0 aliphatic rings. The molecular formula is C30H60O2. The predicted octanol–water partition coefficient (Wildman–Crippen LogP) is 10.6. The number of rotatable bonds is 26. The first-order valence-electron chi connectivity index (χ1n) is 14.9. The monoisotopic (exact) mass is 452 g/mol. The maximum Gasteiger partial charge on any atom is 0.305 e. The first-order chi connectivity index (χ1) is 15.7. The zero-order valence-corrected chi connectivity index (χ0v) is 22.6. The number of hydrogen-bond donors (Lipinski definition) is 0. The molecular weight excluding hydrogens is 392 g/mol. The predicted molar refractivity (Wildman–Crippen MR) is 142 cm³/mol. The van der Waals surface area contributed by atoms with Gasteiger partial charge in [0.2, 0.25) is 0 Å². The van der Waals surface area contributed by atoms with Gasteiger partial charge in [-0.25, -0.2) is 0 Å². The van der Waals surface area contributed by atoms with Crippen molar-refractivity contribution < 1.29 is 9.53 Å². The van der Waals surface area contributed by atoms with E-state index in [1.165, 1.54) is 135 Å². The van der Waals surface area contributed by atoms with Crippen molar-refractivity contribution in [2.75, 3.05) is 6.61 Å². The molecule has 1 unspecified atom stereocenters. The summed E-state index contributed by atoms with van der Waals surface area (Å²) >= 11 is 0. The van der Waals surface area contributed by atoms with Crippen LogP contribution in [0.1, 0.15) is 175 Å². The lowest BCUT2D eigenvalue weighted by atomic mass is 9.99. The molecule has 0 bridgehead atoms. The van der Waals surface area contributed by atoms with Crippen molar-refractivity contribution in [2.24, 2.45) is 5.92 Å². The van der Waals surface area contributed by atoms with Gasteiger partial charge in [0.15, 0.2) is 0 Å². The summed E-state index contributed by atoms with van der Waals surface area (Å²) in [6.45, 7) is 7.58. The lowest BCUT2D eigenvalue weighted by Gasteiger charge is -2.07. The van der Waals surface area contributed by atoms with E-state index in [1.807, 2.05) is 0 Å². The maximum absolute atomic E-state index is 11.8. The van der Waals surface area contributed by atoms with Gasteiger partial charge in [-0.3, -0.25) is 4.79 Å². The van der Waals surface area contributed by atoms with E-state index in [4.69, 9.17) is 4.74 Å². The lowest BCUT2D eigenvalue weighted by molar-refractivity contribution is -0.143. The second-order valence-corrected chi connectivity index (χ2v) is 10.3. The van der Waals surface area contributed by atoms with E-state index < -0.39 is 0 Å². The molecule has 0 heterocycles. The van der Waals surface area contributed by atoms with Crippen molar-refractivity contribution >= 4 is 5.97 Å². The number of esters is 1. The fraction of sp³-hybridized carbons (Fsp3) is 0.967. The Bertz CT molecular complexity index is 366. The Hall–Kier alpha value is -0.530. The first kappa shape index (κ1) is 31.5. The second kappa shape index (κ2) is 26.7. The lowest BCUT2D eigenvalue weighted by Crippen LogP contribution is -2.05. The molecule has 192 valence electrons. The number of hydrogen-bond acceptors (Lipinski definition) is 2. The van der Waals surface area contributed by atoms with Crippen LogP contribution in [0.4, 0.5) is 0 Å². The smallest absolute Gasteiger partial charge is 0.305 e. The molecule has 0 N–H and O–H groups in total. The number of unbranched alkanes of at least 4 members (excludes halogenated alkanes) is 19. The normalized spacial score (nSPS) is 12.2. The van der Waals surface area contributed by atoms with E-state index in [-0.39, 0.29) is 5.97 Å². The minimum atomic E-state index is 0.0226. The molecule has 0 aliphatic heterocycles. The first-order valence-corrected chi connectivity index (χ1v) is 14.9. The van der Waals surface area contributed by atoms with E-state index in [1.54, 1.807) is 0 Å². The Morgan fingerprint density at radius 1 is 0.562 bits per heavy atom. The molecule has 0 saturated heterocycles. The van der Waals surface area contributed by atoms with Gasteiger partial charge in [0, 0.05) is 6.42 Å². The summed E-state index contributed by atoms with van der Waals surface area (Å²) in [5.41, 5.74) is 0. The number of ether oxygens (including phenoxy) is 1. The minimum Gasteiger partial charge on any atom is -0.466 e. The minimum absolute atomic E-state index is 0.0226. The summed E-state index contributed by atoms with van der Waals surface area (Å²) in [7, 11) is 0. The number of carbonyl (C=O) groups is 1. The second-order valence-electron chi connectivity index (χ2n) is 10.3. The topological polar surface area (TPSA) is 26.3 Å². The average molecular weight is 453 g/mol. The van der Waals surface area contributed by atoms with E-state index in [9.17, 15) is 4.79 Å². The van der Waals surface area contributed by atoms with Gasteiger partial charge in [-0.2, -0.15) is 0 Å². The summed E-state index contributed by atoms with van der Waals surface area (Å²) in [5, 5.41) is 0. The van der Waals surface area contributed by atoms with Crippen LogP contribution in [-0.2, 0) is 9.53 Å². The molecule has 0 spiro atoms. The zero-order valence-electron chi connectivity index (χ0n) is 22.6. The summed E-state index contributed by atoms with van der Waals surface area (Å²) in [4.78, 5) is 11.8. The quantitative estimate of drug-likeness (QED) is 0.0963. The van der Waals surface area contributed by atoms with Gasteiger partial charge in [0.05, 0.1) is 6.61 Å². The van der Waals surface area contributed by atoms with Gasteiger partial charge < -0.3 is 4.74 Å². The third kappa shape index (κ3) is 25.7. The highest BCUT2D eigenvalue weighted by Crippen LogP contribution is 2.15. The molecule has 0 radical (unpaired) electrons. The van der Waals surface area contributed by atoms with Crippen molar-refractivity contribution in [3.63, 3.8) is 0 Å². The third-order valence-corrected chi connectivity index (χ3v) is 7.04. The van der Waals surface area contributed by atoms with Crippen molar-refractivity contribution in [1.82, 2.24) is 0 Å². The third-order valence-electron chi connectivity index (χ3n) is 7.04. The van der Waals surface area contributed by atoms with Gasteiger partial charge in [-0.1, -0.05) is 156 Å². The van der Waals surface area contributed by atoms with E-state index >= 15 is 0 Å². The van der Waals surface area contributed by atoms with Crippen LogP contribution in [0.3, 0.4) is 0 Å². The summed E-state index contributed by atoms with van der Waals surface area (Å²) in [6, 6.07) is 0. The standard InChI is InChI=1S/C30H60O2/c1-4-6-7-8-9-10-11-12-16-19-22-25-28-32-30(31)27-24-21-18-15-13-14-17-20-23-26-29(3)5-2/h29H,4-28H2,1-3H3. The molecule has 0 aromatic heterocycles. The molecule has 2 heteroatoms. The summed E-state index contributed by atoms with van der Waals surface area (Å²) < 4.78 is 5.40. The van der Waals surface area contributed by atoms with E-state index in [2.05, 4.69) is 20.8 Å². The summed E-state index contributed by atoms with van der Waals surface area (Å²) in [5.74, 6) is 0.931. The van der Waals surface area contributed by atoms with Crippen molar-refractivity contribution in [3.8, 4) is 0 Å². The Kier molecular flexibility index (Phi) is 26.3. The Morgan fingerprint density at radius 2 is 0.969 bits per heavy atom. The highest BCUT2D eigenvalue weighted by molar-refractivity contribution is 5.69. The molecule has 0 aliphatic carbocycles. The summed E-state index contributed by atoms with van der Waals surface area (Å²) in [6.07, 6.45) is 31.3. The Balaban J connectivity index is 3.17. The molecule has 2 nitrogen and oxygen atoms in total. The van der Waals surface area contributed by atoms with Crippen LogP contribution in [0.15, 0.2) is 0 Å². The fourth-order valence-corrected chi connectivity index (χ4v) is 4.40. The van der Waals surface area contributed by atoms with Crippen molar-refractivity contribution in [2.45, 2.75) is 175 Å². The van der Waals surface area contributed by atoms with Crippen molar-refractivity contribution in [1.29, 1.82) is 0 Å². The maximum atomic E-state index is 11.8. The van der Waals surface area contributed by atoms with Crippen LogP contribution in [0.25, 0.3) is 0 Å². The van der Waals surface area contributed by atoms with E-state index in [0.29, 0.717) is 13.0 Å². The fourth-order valence-electron chi connectivity index (χ4n) is 4.40. The van der Waals surface area contributed by atoms with Crippen LogP contribution >= 0.6 is 0 Å². The molecule has 1 atom stereocenters. The van der Waals surface area contributed by atoms with Crippen LogP contribution in [0.2, 0.25) is 0 Å². The van der Waals surface area contributed by atoms with Gasteiger partial charge in [0.1, 0.15) is 0 Å². The SMILES string of the molecule is CCCCCCCCCCCCCCOC(=O)CCCCCCCCCCCC(C)CC. The highest BCUT2D eigenvalue weighted by Gasteiger charge is 2.03. The van der Waals surface area contributed by atoms with Crippen LogP contribution in [0.5, 0.6) is 0 Å². The molecule has 0 aromatic carbocycles. The largest absolute Gasteiger partial charge is 0.466 e. The van der Waals surface area contributed by atoms with Gasteiger partial charge in [0.25, 0.3) is 0 Å². The van der Waals surface area contributed by atoms with Crippen LogP contribution < -0.4 is 0 Å². The van der Waals surface area contributed by atoms with Gasteiger partial charge >= 0.3 is 5.97 Å². The molecule has 32 heavy (non-hydrogen) atoms. The van der Waals surface area contributed by atoms with E-state index in [0.717, 1.165) is 18.8 Å². The molecule has 0 saturated carbocycles. The molecule has 0 amide bonds. The molecule has 0 fully saturated rings. The van der Waals surface area contributed by atoms with Gasteiger partial charge in [-0.05, 0) is 18.8 Å². The van der Waals surface area contributed by atoms with Crippen molar-refractivity contribution in [3.05, 3.63) is 0 Å². The Morgan fingerprint density at radius 3 is 1.44 bits per heavy atom. The Labute approximate surface area is 203 Å². The number of carbonyl (C=O) groups excluding carboxylic acids is 1. The van der Waals surface area contributed by atoms with Gasteiger partial charge in [-0.15, -0.1) is 0 Å². The molecule has 0 aromatic rings. The zero-order chi connectivity index (χ0) is 23.5. The van der Waals surface area contributed by atoms with Crippen LogP contribution in [-0.4, -0.2) is 12.6 Å². The molecule has 0 rings (SSSR count).